The smallest absolute Gasteiger partial charge is 0.247 e. The molecule has 0 spiro atoms. The van der Waals surface area contributed by atoms with Crippen LogP contribution in [-0.2, 0) is 29.1 Å². The van der Waals surface area contributed by atoms with Gasteiger partial charge in [0.15, 0.2) is 0 Å². The minimum atomic E-state index is -1.53. The van der Waals surface area contributed by atoms with E-state index in [0.717, 1.165) is 6.42 Å². The summed E-state index contributed by atoms with van der Waals surface area (Å²) in [4.78, 5) is 45.6. The molecule has 1 heterocycles. The molecule has 1 rings (SSSR count). The highest BCUT2D eigenvalue weighted by Gasteiger charge is 2.69. The lowest BCUT2D eigenvalue weighted by atomic mass is 9.63. The molecule has 6 nitrogen and oxygen atoms in total. The molecule has 0 aromatic rings. The SMILES string of the molecule is CC(C)CC(C)(C)C(C(=O)OOC(=O)C1(C(C)(C)CC(C)C)OO1)C(C)(C)C. The molecule has 0 N–H and O–H groups in total. The van der Waals surface area contributed by atoms with Crippen LogP contribution in [0.3, 0.4) is 0 Å². The topological polar surface area (TPSA) is 77.7 Å². The van der Waals surface area contributed by atoms with E-state index in [1.165, 1.54) is 0 Å². The predicted octanol–water partition coefficient (Wildman–Crippen LogP) is 5.45. The predicted molar refractivity (Wildman–Crippen MR) is 107 cm³/mol. The van der Waals surface area contributed by atoms with Crippen LogP contribution in [0, 0.1) is 34.0 Å². The number of hydrogen-bond acceptors (Lipinski definition) is 6. The summed E-state index contributed by atoms with van der Waals surface area (Å²) in [6, 6.07) is 0. The second kappa shape index (κ2) is 8.31. The summed E-state index contributed by atoms with van der Waals surface area (Å²) in [5.41, 5.74) is -1.30. The first-order valence-electron chi connectivity index (χ1n) is 10.3. The van der Waals surface area contributed by atoms with Gasteiger partial charge in [-0.05, 0) is 35.5 Å². The van der Waals surface area contributed by atoms with Crippen LogP contribution in [0.15, 0.2) is 0 Å². The van der Waals surface area contributed by atoms with Gasteiger partial charge < -0.3 is 0 Å². The van der Waals surface area contributed by atoms with Crippen molar-refractivity contribution in [2.45, 2.75) is 94.8 Å². The summed E-state index contributed by atoms with van der Waals surface area (Å²) in [6.45, 7) is 22.1. The number of rotatable bonds is 8. The van der Waals surface area contributed by atoms with Crippen LogP contribution in [0.25, 0.3) is 0 Å². The zero-order chi connectivity index (χ0) is 22.1. The molecule has 1 unspecified atom stereocenters. The largest absolute Gasteiger partial charge is 0.420 e. The molecule has 1 aliphatic rings. The molecule has 1 fully saturated rings. The molecule has 0 bridgehead atoms. The molecule has 1 saturated heterocycles. The summed E-state index contributed by atoms with van der Waals surface area (Å²) in [5, 5.41) is 0. The average Bonchev–Trinajstić information content (AvgIpc) is 3.21. The van der Waals surface area contributed by atoms with Crippen molar-refractivity contribution in [3.63, 3.8) is 0 Å². The Morgan fingerprint density at radius 1 is 0.821 bits per heavy atom. The van der Waals surface area contributed by atoms with Crippen LogP contribution < -0.4 is 0 Å². The van der Waals surface area contributed by atoms with Crippen LogP contribution in [-0.4, -0.2) is 17.7 Å². The van der Waals surface area contributed by atoms with Crippen molar-refractivity contribution in [1.82, 2.24) is 0 Å². The van der Waals surface area contributed by atoms with Gasteiger partial charge in [0, 0.05) is 5.41 Å². The second-order valence-electron chi connectivity index (χ2n) is 11.4. The Hall–Kier alpha value is -1.14. The van der Waals surface area contributed by atoms with Crippen LogP contribution in [0.2, 0.25) is 0 Å². The Labute approximate surface area is 170 Å². The van der Waals surface area contributed by atoms with Crippen molar-refractivity contribution in [1.29, 1.82) is 0 Å². The minimum Gasteiger partial charge on any atom is -0.247 e. The van der Waals surface area contributed by atoms with E-state index >= 15 is 0 Å². The van der Waals surface area contributed by atoms with Gasteiger partial charge in [-0.15, -0.1) is 0 Å². The zero-order valence-corrected chi connectivity index (χ0v) is 19.6. The van der Waals surface area contributed by atoms with E-state index in [9.17, 15) is 9.59 Å². The maximum absolute atomic E-state index is 12.9. The first-order valence-corrected chi connectivity index (χ1v) is 10.3. The molecule has 28 heavy (non-hydrogen) atoms. The number of hydrogen-bond donors (Lipinski definition) is 0. The Kier molecular flexibility index (Phi) is 7.39. The summed E-state index contributed by atoms with van der Waals surface area (Å²) in [6.07, 6.45) is 1.53. The molecule has 0 radical (unpaired) electrons. The molecule has 0 saturated carbocycles. The van der Waals surface area contributed by atoms with Gasteiger partial charge in [-0.2, -0.15) is 9.78 Å². The molecule has 1 aliphatic heterocycles. The lowest BCUT2D eigenvalue weighted by Gasteiger charge is -2.41. The van der Waals surface area contributed by atoms with E-state index in [2.05, 4.69) is 13.8 Å². The van der Waals surface area contributed by atoms with E-state index < -0.39 is 29.1 Å². The van der Waals surface area contributed by atoms with E-state index in [1.807, 2.05) is 62.3 Å². The molecule has 0 aromatic heterocycles. The molecule has 164 valence electrons. The minimum absolute atomic E-state index is 0.322. The third-order valence-electron chi connectivity index (χ3n) is 5.35. The highest BCUT2D eigenvalue weighted by molar-refractivity contribution is 5.81. The maximum atomic E-state index is 12.9. The Morgan fingerprint density at radius 3 is 1.64 bits per heavy atom. The van der Waals surface area contributed by atoms with Gasteiger partial charge in [0.05, 0.1) is 5.92 Å². The number of carbonyl (C=O) groups excluding carboxylic acids is 2. The Bertz CT molecular complexity index is 564. The molecule has 0 amide bonds. The van der Waals surface area contributed by atoms with E-state index in [0.29, 0.717) is 18.3 Å². The fourth-order valence-electron chi connectivity index (χ4n) is 4.96. The van der Waals surface area contributed by atoms with Crippen molar-refractivity contribution in [2.24, 2.45) is 34.0 Å². The van der Waals surface area contributed by atoms with Crippen LogP contribution in [0.1, 0.15) is 89.0 Å². The third kappa shape index (κ3) is 5.69. The van der Waals surface area contributed by atoms with E-state index in [-0.39, 0.29) is 10.8 Å². The first-order chi connectivity index (χ1) is 12.5. The highest BCUT2D eigenvalue weighted by atomic mass is 17.4. The summed E-state index contributed by atoms with van der Waals surface area (Å²) in [5.74, 6) is -2.61. The molecule has 1 atom stereocenters. The second-order valence-corrected chi connectivity index (χ2v) is 11.4. The van der Waals surface area contributed by atoms with Crippen molar-refractivity contribution in [3.8, 4) is 0 Å². The zero-order valence-electron chi connectivity index (χ0n) is 19.6. The maximum Gasteiger partial charge on any atom is 0.420 e. The molecular formula is C22H40O6. The molecule has 6 heteroatoms. The standard InChI is InChI=1S/C22H40O6/c1-14(2)12-20(8,9)16(19(5,6)7)17(23)25-26-18(24)22(27-28-22)21(10,11)13-15(3)4/h14-16H,12-13H2,1-11H3. The highest BCUT2D eigenvalue weighted by Crippen LogP contribution is 2.50. The monoisotopic (exact) mass is 400 g/mol. The van der Waals surface area contributed by atoms with Gasteiger partial charge >= 0.3 is 17.7 Å². The van der Waals surface area contributed by atoms with Crippen molar-refractivity contribution >= 4 is 11.9 Å². The molecule has 0 aromatic carbocycles. The normalized spacial score (nSPS) is 18.2. The quantitative estimate of drug-likeness (QED) is 0.306. The lowest BCUT2D eigenvalue weighted by Crippen LogP contribution is -2.45. The van der Waals surface area contributed by atoms with Gasteiger partial charge in [-0.3, -0.25) is 0 Å². The van der Waals surface area contributed by atoms with Crippen molar-refractivity contribution in [2.75, 3.05) is 0 Å². The molecule has 0 aliphatic carbocycles. The van der Waals surface area contributed by atoms with Crippen molar-refractivity contribution in [3.05, 3.63) is 0 Å². The Morgan fingerprint density at radius 2 is 1.29 bits per heavy atom. The van der Waals surface area contributed by atoms with E-state index in [1.54, 1.807) is 0 Å². The van der Waals surface area contributed by atoms with Crippen molar-refractivity contribution < 1.29 is 29.1 Å². The first kappa shape index (κ1) is 24.9. The summed E-state index contributed by atoms with van der Waals surface area (Å²) >= 11 is 0. The van der Waals surface area contributed by atoms with Gasteiger partial charge in [-0.1, -0.05) is 76.2 Å². The Balaban J connectivity index is 2.89. The van der Waals surface area contributed by atoms with Gasteiger partial charge in [-0.25, -0.2) is 19.4 Å². The van der Waals surface area contributed by atoms with Crippen LogP contribution >= 0.6 is 0 Å². The van der Waals surface area contributed by atoms with Crippen LogP contribution in [0.5, 0.6) is 0 Å². The fraction of sp³-hybridized carbons (Fsp3) is 0.909. The van der Waals surface area contributed by atoms with Gasteiger partial charge in [0.2, 0.25) is 0 Å². The number of carbonyl (C=O) groups is 2. The fourth-order valence-corrected chi connectivity index (χ4v) is 4.96. The van der Waals surface area contributed by atoms with Gasteiger partial charge in [0.25, 0.3) is 0 Å². The molecular weight excluding hydrogens is 360 g/mol. The lowest BCUT2D eigenvalue weighted by molar-refractivity contribution is -0.274. The average molecular weight is 401 g/mol. The van der Waals surface area contributed by atoms with Gasteiger partial charge in [0.1, 0.15) is 0 Å². The van der Waals surface area contributed by atoms with Crippen LogP contribution in [0.4, 0.5) is 0 Å². The summed E-state index contributed by atoms with van der Waals surface area (Å²) in [7, 11) is 0. The van der Waals surface area contributed by atoms with E-state index in [4.69, 9.17) is 19.6 Å². The third-order valence-corrected chi connectivity index (χ3v) is 5.35. The summed E-state index contributed by atoms with van der Waals surface area (Å²) < 4.78 is 0.